The fourth-order valence-electron chi connectivity index (χ4n) is 4.80. The van der Waals surface area contributed by atoms with E-state index in [4.69, 9.17) is 31.4 Å². The molecule has 5 rings (SSSR count). The summed E-state index contributed by atoms with van der Waals surface area (Å²) in [6.07, 6.45) is 0.788. The molecule has 2 aromatic carbocycles. The highest BCUT2D eigenvalue weighted by molar-refractivity contribution is 6.36. The molecule has 180 valence electrons. The molecule has 0 spiro atoms. The number of carbonyl (C=O) groups is 1. The number of fused-ring (bicyclic) bond motifs is 2. The number of benzene rings is 2. The Morgan fingerprint density at radius 2 is 1.86 bits per heavy atom. The molecule has 9 heteroatoms. The van der Waals surface area contributed by atoms with Crippen LogP contribution < -0.4 is 14.5 Å². The van der Waals surface area contributed by atoms with Crippen LogP contribution in [0, 0.1) is 11.8 Å². The van der Waals surface area contributed by atoms with Crippen molar-refractivity contribution in [3.05, 3.63) is 52.7 Å². The minimum absolute atomic E-state index is 0.259. The lowest BCUT2D eigenvalue weighted by Crippen LogP contribution is -2.49. The van der Waals surface area contributed by atoms with Crippen molar-refractivity contribution >= 4 is 39.8 Å². The lowest BCUT2D eigenvalue weighted by molar-refractivity contribution is -0.125. The molecule has 0 bridgehead atoms. The number of halogens is 1. The molecule has 1 N–H and O–H groups in total. The third-order valence-electron chi connectivity index (χ3n) is 6.52. The molecule has 1 fully saturated rings. The Kier molecular flexibility index (Phi) is 6.62. The average Bonchev–Trinajstić information content (AvgIpc) is 2.90. The van der Waals surface area contributed by atoms with Gasteiger partial charge in [-0.15, -0.1) is 0 Å². The van der Waals surface area contributed by atoms with Gasteiger partial charge in [0.2, 0.25) is 0 Å². The minimum Gasteiger partial charge on any atom is -0.467 e. The van der Waals surface area contributed by atoms with Crippen molar-refractivity contribution in [1.82, 2.24) is 14.9 Å². The van der Waals surface area contributed by atoms with E-state index in [9.17, 15) is 4.79 Å². The number of anilines is 2. The largest absolute Gasteiger partial charge is 0.467 e. The number of hydrogen-bond acceptors (Lipinski definition) is 7. The van der Waals surface area contributed by atoms with Crippen LogP contribution in [0.2, 0.25) is 5.02 Å². The predicted octanol–water partition coefficient (Wildman–Crippen LogP) is 2.50. The second kappa shape index (κ2) is 9.98. The van der Waals surface area contributed by atoms with E-state index >= 15 is 0 Å². The molecule has 3 aromatic rings. The molecular formula is C26H26ClN5O3. The number of methoxy groups -OCH3 is 1. The highest BCUT2D eigenvalue weighted by Gasteiger charge is 2.29. The van der Waals surface area contributed by atoms with Gasteiger partial charge < -0.3 is 24.5 Å². The molecule has 8 nitrogen and oxygen atoms in total. The van der Waals surface area contributed by atoms with E-state index in [-0.39, 0.29) is 12.5 Å². The molecule has 35 heavy (non-hydrogen) atoms. The van der Waals surface area contributed by atoms with Crippen LogP contribution in [0.4, 0.5) is 11.5 Å². The summed E-state index contributed by atoms with van der Waals surface area (Å²) in [6.45, 7) is 3.49. The van der Waals surface area contributed by atoms with E-state index in [0.29, 0.717) is 38.7 Å². The number of nitrogens with zero attached hydrogens (tertiary/aromatic N) is 5. The number of aliphatic hydroxyl groups excluding tert-OH is 1. The summed E-state index contributed by atoms with van der Waals surface area (Å²) in [7, 11) is 1.58. The van der Waals surface area contributed by atoms with Crippen molar-refractivity contribution in [2.75, 3.05) is 56.2 Å². The van der Waals surface area contributed by atoms with Gasteiger partial charge in [0.15, 0.2) is 0 Å². The summed E-state index contributed by atoms with van der Waals surface area (Å²) in [6, 6.07) is 12.5. The first-order valence-electron chi connectivity index (χ1n) is 11.6. The smallest absolute Gasteiger partial charge is 0.318 e. The zero-order valence-corrected chi connectivity index (χ0v) is 20.3. The molecule has 1 aromatic heterocycles. The summed E-state index contributed by atoms with van der Waals surface area (Å²) in [5, 5.41) is 11.7. The second-order valence-electron chi connectivity index (χ2n) is 8.48. The minimum atomic E-state index is -0.319. The van der Waals surface area contributed by atoms with Crippen LogP contribution >= 0.6 is 11.6 Å². The van der Waals surface area contributed by atoms with Crippen LogP contribution in [-0.2, 0) is 17.8 Å². The molecular weight excluding hydrogens is 466 g/mol. The van der Waals surface area contributed by atoms with Crippen LogP contribution in [-0.4, -0.2) is 72.3 Å². The number of amides is 1. The Bertz CT molecular complexity index is 1320. The third kappa shape index (κ3) is 4.57. The number of piperazine rings is 1. The van der Waals surface area contributed by atoms with Gasteiger partial charge in [0.1, 0.15) is 12.4 Å². The lowest BCUT2D eigenvalue weighted by Gasteiger charge is -2.37. The zero-order valence-electron chi connectivity index (χ0n) is 19.5. The number of ether oxygens (including phenoxy) is 1. The van der Waals surface area contributed by atoms with Crippen molar-refractivity contribution in [3.63, 3.8) is 0 Å². The van der Waals surface area contributed by atoms with Gasteiger partial charge >= 0.3 is 6.01 Å². The van der Waals surface area contributed by atoms with Crippen LogP contribution in [0.5, 0.6) is 6.01 Å². The van der Waals surface area contributed by atoms with Crippen LogP contribution in [0.25, 0.3) is 10.8 Å². The second-order valence-corrected chi connectivity index (χ2v) is 8.89. The molecule has 0 radical (unpaired) electrons. The normalized spacial score (nSPS) is 15.5. The number of aliphatic hydroxyl groups is 1. The average molecular weight is 492 g/mol. The van der Waals surface area contributed by atoms with Gasteiger partial charge in [0.25, 0.3) is 5.91 Å². The van der Waals surface area contributed by atoms with Crippen molar-refractivity contribution in [3.8, 4) is 17.9 Å². The Morgan fingerprint density at radius 1 is 1.09 bits per heavy atom. The molecule has 1 amide bonds. The van der Waals surface area contributed by atoms with E-state index in [1.807, 2.05) is 12.1 Å². The molecule has 3 heterocycles. The van der Waals surface area contributed by atoms with Gasteiger partial charge in [-0.2, -0.15) is 9.97 Å². The molecule has 2 aliphatic rings. The van der Waals surface area contributed by atoms with Crippen molar-refractivity contribution in [1.29, 1.82) is 0 Å². The summed E-state index contributed by atoms with van der Waals surface area (Å²) < 4.78 is 5.45. The van der Waals surface area contributed by atoms with E-state index in [1.165, 1.54) is 0 Å². The number of carbonyl (C=O) groups excluding carboxylic acids is 1. The Hall–Kier alpha value is -3.54. The van der Waals surface area contributed by atoms with Gasteiger partial charge in [-0.25, -0.2) is 0 Å². The molecule has 2 aliphatic heterocycles. The maximum absolute atomic E-state index is 12.2. The number of aromatic nitrogens is 2. The lowest BCUT2D eigenvalue weighted by atomic mass is 10.0. The van der Waals surface area contributed by atoms with Gasteiger partial charge in [0, 0.05) is 49.4 Å². The summed E-state index contributed by atoms with van der Waals surface area (Å²) in [5.74, 6) is 5.51. The summed E-state index contributed by atoms with van der Waals surface area (Å²) in [5.41, 5.74) is 3.15. The maximum Gasteiger partial charge on any atom is 0.318 e. The fraction of sp³-hybridized carbons (Fsp3) is 0.346. The first-order chi connectivity index (χ1) is 17.1. The highest BCUT2D eigenvalue weighted by atomic mass is 35.5. The Balaban J connectivity index is 1.42. The molecule has 0 atom stereocenters. The van der Waals surface area contributed by atoms with Crippen molar-refractivity contribution in [2.45, 2.75) is 13.0 Å². The topological polar surface area (TPSA) is 82.0 Å². The number of rotatable bonds is 3. The van der Waals surface area contributed by atoms with Crippen LogP contribution in [0.3, 0.4) is 0 Å². The Labute approximate surface area is 209 Å². The van der Waals surface area contributed by atoms with E-state index < -0.39 is 0 Å². The van der Waals surface area contributed by atoms with Gasteiger partial charge in [-0.05, 0) is 29.9 Å². The van der Waals surface area contributed by atoms with E-state index in [2.05, 4.69) is 45.9 Å². The number of hydrogen-bond donors (Lipinski definition) is 1. The summed E-state index contributed by atoms with van der Waals surface area (Å²) >= 11 is 6.59. The first-order valence-corrected chi connectivity index (χ1v) is 12.0. The fourth-order valence-corrected chi connectivity index (χ4v) is 5.08. The summed E-state index contributed by atoms with van der Waals surface area (Å²) in [4.78, 5) is 27.8. The van der Waals surface area contributed by atoms with Crippen molar-refractivity contribution < 1.29 is 14.6 Å². The maximum atomic E-state index is 12.2. The van der Waals surface area contributed by atoms with Gasteiger partial charge in [-0.1, -0.05) is 41.8 Å². The van der Waals surface area contributed by atoms with Crippen LogP contribution in [0.15, 0.2) is 36.4 Å². The zero-order chi connectivity index (χ0) is 24.4. The first kappa shape index (κ1) is 23.2. The molecule has 1 saturated heterocycles. The standard InChI is InChI=1S/C26H26ClN5O3/c1-35-26-28-21-17-32(22-8-3-6-18-5-2-7-20(27)24(18)22)11-10-19(21)25(29-26)31-14-12-30(13-15-31)23(34)9-4-16-33/h2-3,5-8,33H,10-17H2,1H3. The third-order valence-corrected chi connectivity index (χ3v) is 6.83. The highest BCUT2D eigenvalue weighted by Crippen LogP contribution is 2.36. The Morgan fingerprint density at radius 3 is 2.60 bits per heavy atom. The molecule has 0 saturated carbocycles. The molecule has 0 unspecified atom stereocenters. The predicted molar refractivity (Wildman–Crippen MR) is 136 cm³/mol. The SMILES string of the molecule is COc1nc2c(c(N3CCN(C(=O)C#CCO)CC3)n1)CCN(c1cccc3cccc(Cl)c13)C2. The molecule has 0 aliphatic carbocycles. The van der Waals surface area contributed by atoms with E-state index in [0.717, 1.165) is 51.5 Å². The van der Waals surface area contributed by atoms with Gasteiger partial charge in [-0.3, -0.25) is 4.79 Å². The van der Waals surface area contributed by atoms with Crippen LogP contribution in [0.1, 0.15) is 11.3 Å². The van der Waals surface area contributed by atoms with Gasteiger partial charge in [0.05, 0.1) is 24.4 Å². The van der Waals surface area contributed by atoms with Crippen molar-refractivity contribution in [2.24, 2.45) is 0 Å². The monoisotopic (exact) mass is 491 g/mol. The quantitative estimate of drug-likeness (QED) is 0.564. The van der Waals surface area contributed by atoms with E-state index in [1.54, 1.807) is 12.0 Å².